The monoisotopic (exact) mass is 166 g/mol. The number of aryl methyl sites for hydroxylation is 1. The minimum absolute atomic E-state index is 0.721. The first-order chi connectivity index (χ1) is 5.86. The third-order valence-corrected chi connectivity index (χ3v) is 1.48. The van der Waals surface area contributed by atoms with E-state index < -0.39 is 0 Å². The van der Waals surface area contributed by atoms with Crippen LogP contribution in [0.5, 0.6) is 0 Å². The standard InChI is InChI=1S/C8H14N4/c1-3-5-9-6-8-10-7(4-2)11-12-8/h3,9H,1,4-6H2,2H3,(H,10,11,12). The summed E-state index contributed by atoms with van der Waals surface area (Å²) in [6.45, 7) is 7.15. The van der Waals surface area contributed by atoms with Gasteiger partial charge in [0.25, 0.3) is 0 Å². The number of nitrogens with one attached hydrogen (secondary N) is 2. The van der Waals surface area contributed by atoms with Crippen molar-refractivity contribution in [1.82, 2.24) is 20.5 Å². The molecule has 0 radical (unpaired) electrons. The number of H-pyrrole nitrogens is 1. The van der Waals surface area contributed by atoms with Gasteiger partial charge in [-0.3, -0.25) is 5.10 Å². The molecule has 0 unspecified atom stereocenters. The molecule has 0 bridgehead atoms. The lowest BCUT2D eigenvalue weighted by Gasteiger charge is -1.94. The van der Waals surface area contributed by atoms with E-state index in [0.29, 0.717) is 0 Å². The van der Waals surface area contributed by atoms with Crippen molar-refractivity contribution in [2.24, 2.45) is 0 Å². The average molecular weight is 166 g/mol. The van der Waals surface area contributed by atoms with Gasteiger partial charge in [-0.15, -0.1) is 6.58 Å². The molecular formula is C8H14N4. The van der Waals surface area contributed by atoms with Gasteiger partial charge < -0.3 is 5.32 Å². The smallest absolute Gasteiger partial charge is 0.150 e. The van der Waals surface area contributed by atoms with Crippen molar-refractivity contribution in [2.45, 2.75) is 19.9 Å². The lowest BCUT2D eigenvalue weighted by molar-refractivity contribution is 0.719. The van der Waals surface area contributed by atoms with E-state index in [1.807, 2.05) is 13.0 Å². The summed E-state index contributed by atoms with van der Waals surface area (Å²) < 4.78 is 0. The quantitative estimate of drug-likeness (QED) is 0.498. The first kappa shape index (κ1) is 8.93. The fourth-order valence-corrected chi connectivity index (χ4v) is 0.865. The van der Waals surface area contributed by atoms with Gasteiger partial charge in [-0.05, 0) is 0 Å². The summed E-state index contributed by atoms with van der Waals surface area (Å²) in [6, 6.07) is 0. The predicted octanol–water partition coefficient (Wildman–Crippen LogP) is 0.643. The van der Waals surface area contributed by atoms with Gasteiger partial charge in [-0.1, -0.05) is 13.0 Å². The van der Waals surface area contributed by atoms with Gasteiger partial charge >= 0.3 is 0 Å². The van der Waals surface area contributed by atoms with Crippen LogP contribution < -0.4 is 5.32 Å². The minimum atomic E-state index is 0.721. The van der Waals surface area contributed by atoms with E-state index in [9.17, 15) is 0 Å². The van der Waals surface area contributed by atoms with Crippen LogP contribution in [-0.2, 0) is 13.0 Å². The maximum Gasteiger partial charge on any atom is 0.150 e. The van der Waals surface area contributed by atoms with Crippen molar-refractivity contribution in [3.63, 3.8) is 0 Å². The molecule has 2 N–H and O–H groups in total. The molecule has 1 aromatic rings. The topological polar surface area (TPSA) is 53.6 Å². The lowest BCUT2D eigenvalue weighted by Crippen LogP contribution is -2.13. The van der Waals surface area contributed by atoms with Gasteiger partial charge in [-0.2, -0.15) is 5.10 Å². The van der Waals surface area contributed by atoms with Crippen LogP contribution in [-0.4, -0.2) is 21.7 Å². The zero-order valence-electron chi connectivity index (χ0n) is 7.30. The molecule has 0 aliphatic rings. The highest BCUT2D eigenvalue weighted by molar-refractivity contribution is 4.89. The first-order valence-corrected chi connectivity index (χ1v) is 4.08. The molecule has 0 fully saturated rings. The van der Waals surface area contributed by atoms with Gasteiger partial charge in [0.1, 0.15) is 11.6 Å². The summed E-state index contributed by atoms with van der Waals surface area (Å²) in [6.07, 6.45) is 2.69. The summed E-state index contributed by atoms with van der Waals surface area (Å²) in [5.74, 6) is 1.75. The largest absolute Gasteiger partial charge is 0.306 e. The molecule has 4 nitrogen and oxygen atoms in total. The van der Waals surface area contributed by atoms with Gasteiger partial charge in [0.2, 0.25) is 0 Å². The molecule has 1 aromatic heterocycles. The van der Waals surface area contributed by atoms with Crippen LogP contribution in [0.3, 0.4) is 0 Å². The second-order valence-electron chi connectivity index (χ2n) is 2.47. The molecule has 1 heterocycles. The highest BCUT2D eigenvalue weighted by Gasteiger charge is 1.98. The van der Waals surface area contributed by atoms with Crippen LogP contribution >= 0.6 is 0 Å². The molecule has 0 aliphatic heterocycles. The Bertz CT molecular complexity index is 241. The molecule has 0 saturated carbocycles. The average Bonchev–Trinajstić information content (AvgIpc) is 2.53. The third-order valence-electron chi connectivity index (χ3n) is 1.48. The van der Waals surface area contributed by atoms with E-state index in [2.05, 4.69) is 27.1 Å². The molecule has 0 aromatic carbocycles. The maximum atomic E-state index is 4.24. The number of aromatic amines is 1. The van der Waals surface area contributed by atoms with Crippen molar-refractivity contribution >= 4 is 0 Å². The summed E-state index contributed by atoms with van der Waals surface area (Å²) in [5, 5.41) is 10.0. The molecule has 1 rings (SSSR count). The van der Waals surface area contributed by atoms with E-state index in [0.717, 1.165) is 31.2 Å². The van der Waals surface area contributed by atoms with Crippen molar-refractivity contribution in [1.29, 1.82) is 0 Å². The number of hydrogen-bond acceptors (Lipinski definition) is 3. The van der Waals surface area contributed by atoms with E-state index in [1.165, 1.54) is 0 Å². The SMILES string of the molecule is C=CCNCc1nc(CC)n[nH]1. The Morgan fingerprint density at radius 1 is 1.67 bits per heavy atom. The Kier molecular flexibility index (Phi) is 3.47. The number of rotatable bonds is 5. The Morgan fingerprint density at radius 3 is 3.08 bits per heavy atom. The van der Waals surface area contributed by atoms with E-state index in [1.54, 1.807) is 0 Å². The second kappa shape index (κ2) is 4.66. The molecule has 0 aliphatic carbocycles. The van der Waals surface area contributed by atoms with Gasteiger partial charge in [0, 0.05) is 13.0 Å². The van der Waals surface area contributed by atoms with E-state index >= 15 is 0 Å². The zero-order chi connectivity index (χ0) is 8.81. The summed E-state index contributed by atoms with van der Waals surface area (Å²) in [4.78, 5) is 4.24. The highest BCUT2D eigenvalue weighted by Crippen LogP contribution is 1.92. The Morgan fingerprint density at radius 2 is 2.50 bits per heavy atom. The number of aromatic nitrogens is 3. The predicted molar refractivity (Wildman–Crippen MR) is 47.7 cm³/mol. The summed E-state index contributed by atoms with van der Waals surface area (Å²) in [5.41, 5.74) is 0. The Labute approximate surface area is 72.1 Å². The molecule has 0 spiro atoms. The summed E-state index contributed by atoms with van der Waals surface area (Å²) >= 11 is 0. The van der Waals surface area contributed by atoms with Crippen molar-refractivity contribution < 1.29 is 0 Å². The molecule has 4 heteroatoms. The molecule has 12 heavy (non-hydrogen) atoms. The molecular weight excluding hydrogens is 152 g/mol. The Hall–Kier alpha value is -1.16. The van der Waals surface area contributed by atoms with Gasteiger partial charge in [0.15, 0.2) is 0 Å². The van der Waals surface area contributed by atoms with Crippen molar-refractivity contribution in [2.75, 3.05) is 6.54 Å². The van der Waals surface area contributed by atoms with Crippen molar-refractivity contribution in [3.8, 4) is 0 Å². The molecule has 0 atom stereocenters. The van der Waals surface area contributed by atoms with Crippen LogP contribution in [0.2, 0.25) is 0 Å². The summed E-state index contributed by atoms with van der Waals surface area (Å²) in [7, 11) is 0. The van der Waals surface area contributed by atoms with E-state index in [4.69, 9.17) is 0 Å². The first-order valence-electron chi connectivity index (χ1n) is 4.08. The maximum absolute atomic E-state index is 4.24. The normalized spacial score (nSPS) is 10.1. The van der Waals surface area contributed by atoms with Crippen LogP contribution in [0.15, 0.2) is 12.7 Å². The minimum Gasteiger partial charge on any atom is -0.306 e. The zero-order valence-corrected chi connectivity index (χ0v) is 7.30. The number of hydrogen-bond donors (Lipinski definition) is 2. The highest BCUT2D eigenvalue weighted by atomic mass is 15.2. The van der Waals surface area contributed by atoms with Crippen LogP contribution in [0.4, 0.5) is 0 Å². The van der Waals surface area contributed by atoms with Gasteiger partial charge in [-0.25, -0.2) is 4.98 Å². The lowest BCUT2D eigenvalue weighted by atomic mass is 10.5. The molecule has 66 valence electrons. The van der Waals surface area contributed by atoms with E-state index in [-0.39, 0.29) is 0 Å². The number of nitrogens with zero attached hydrogens (tertiary/aromatic N) is 2. The van der Waals surface area contributed by atoms with Gasteiger partial charge in [0.05, 0.1) is 6.54 Å². The fourth-order valence-electron chi connectivity index (χ4n) is 0.865. The van der Waals surface area contributed by atoms with Crippen LogP contribution in [0.25, 0.3) is 0 Å². The van der Waals surface area contributed by atoms with Crippen molar-refractivity contribution in [3.05, 3.63) is 24.3 Å². The fraction of sp³-hybridized carbons (Fsp3) is 0.500. The third kappa shape index (κ3) is 2.47. The van der Waals surface area contributed by atoms with Crippen LogP contribution in [0, 0.1) is 0 Å². The Balaban J connectivity index is 2.36. The molecule has 0 saturated heterocycles. The molecule has 0 amide bonds. The second-order valence-corrected chi connectivity index (χ2v) is 2.47. The van der Waals surface area contributed by atoms with Crippen LogP contribution in [0.1, 0.15) is 18.6 Å².